The highest BCUT2D eigenvalue weighted by Gasteiger charge is 2.22. The third-order valence-corrected chi connectivity index (χ3v) is 9.43. The first-order chi connectivity index (χ1) is 23.4. The molecule has 0 bridgehead atoms. The lowest BCUT2D eigenvalue weighted by Gasteiger charge is -2.15. The quantitative estimate of drug-likeness (QED) is 0.0319. The standard InChI is InChI=1S/C36H49Cl2O10P.H3N/c1-2-3-4-5-6-7-8-9-10-11-12-13-14-15-16-17-20-47-49(45,46)48-21-18-19-28(26-22-29(35(41)42)33(39)31(37)24-26)27-23-30(36(43)44)34(40)32(38)25-27;/h9-10,19,22-25,39-40H,2-8,11-18,20-21H2,1H3,(H,41,42)(H,43,44)(H,45,46);1H3/b10-9-;. The number of hydrogen-bond acceptors (Lipinski definition) is 8. The second-order valence-corrected chi connectivity index (χ2v) is 14.1. The van der Waals surface area contributed by atoms with Crippen molar-refractivity contribution in [3.63, 3.8) is 0 Å². The van der Waals surface area contributed by atoms with Crippen LogP contribution in [0.4, 0.5) is 0 Å². The molecule has 0 spiro atoms. The summed E-state index contributed by atoms with van der Waals surface area (Å²) in [5.41, 5.74) is -0.460. The largest absolute Gasteiger partial charge is 0.505 e. The average Bonchev–Trinajstić information content (AvgIpc) is 3.04. The maximum Gasteiger partial charge on any atom is 0.472 e. The number of rotatable bonds is 25. The number of allylic oxidation sites excluding steroid dienone is 2. The molecule has 0 saturated carbocycles. The molecule has 0 heterocycles. The minimum atomic E-state index is -4.36. The summed E-state index contributed by atoms with van der Waals surface area (Å²) in [5, 5.41) is 38.7. The molecule has 0 radical (unpaired) electrons. The second-order valence-electron chi connectivity index (χ2n) is 11.8. The highest BCUT2D eigenvalue weighted by Crippen LogP contribution is 2.44. The van der Waals surface area contributed by atoms with Crippen LogP contribution >= 0.6 is 31.0 Å². The summed E-state index contributed by atoms with van der Waals surface area (Å²) < 4.78 is 22.6. The van der Waals surface area contributed by atoms with E-state index in [0.717, 1.165) is 57.1 Å². The van der Waals surface area contributed by atoms with E-state index in [1.54, 1.807) is 0 Å². The molecule has 0 aliphatic carbocycles. The number of halogens is 2. The van der Waals surface area contributed by atoms with Gasteiger partial charge in [-0.05, 0) is 79.5 Å². The Morgan fingerprint density at radius 3 is 1.56 bits per heavy atom. The van der Waals surface area contributed by atoms with Crippen molar-refractivity contribution in [1.29, 1.82) is 0 Å². The number of carboxylic acids is 2. The van der Waals surface area contributed by atoms with Crippen LogP contribution in [0.1, 0.15) is 135 Å². The monoisotopic (exact) mass is 759 g/mol. The molecule has 0 aromatic heterocycles. The first kappa shape index (κ1) is 45.1. The highest BCUT2D eigenvalue weighted by molar-refractivity contribution is 7.47. The summed E-state index contributed by atoms with van der Waals surface area (Å²) in [6.45, 7) is 2.01. The molecule has 0 saturated heterocycles. The Bertz CT molecular complexity index is 1410. The predicted molar refractivity (Wildman–Crippen MR) is 198 cm³/mol. The van der Waals surface area contributed by atoms with E-state index in [9.17, 15) is 39.5 Å². The van der Waals surface area contributed by atoms with Crippen molar-refractivity contribution in [2.45, 2.75) is 103 Å². The number of aromatic hydroxyl groups is 2. The van der Waals surface area contributed by atoms with Gasteiger partial charge in [0.05, 0.1) is 23.3 Å². The molecular weight excluding hydrogens is 708 g/mol. The van der Waals surface area contributed by atoms with Crippen LogP contribution in [0.5, 0.6) is 11.5 Å². The first-order valence-corrected chi connectivity index (χ1v) is 19.1. The Morgan fingerprint density at radius 1 is 0.680 bits per heavy atom. The van der Waals surface area contributed by atoms with Crippen LogP contribution in [0.3, 0.4) is 0 Å². The maximum absolute atomic E-state index is 12.4. The van der Waals surface area contributed by atoms with Crippen LogP contribution < -0.4 is 6.15 Å². The van der Waals surface area contributed by atoms with Crippen LogP contribution in [0, 0.1) is 0 Å². The zero-order valence-electron chi connectivity index (χ0n) is 28.7. The third kappa shape index (κ3) is 16.4. The normalized spacial score (nSPS) is 12.4. The second kappa shape index (κ2) is 24.3. The summed E-state index contributed by atoms with van der Waals surface area (Å²) >= 11 is 12.2. The van der Waals surface area contributed by atoms with Gasteiger partial charge in [-0.3, -0.25) is 9.05 Å². The number of phenols is 2. The number of hydrogen-bond donors (Lipinski definition) is 6. The maximum atomic E-state index is 12.4. The van der Waals surface area contributed by atoms with Gasteiger partial charge in [0.15, 0.2) is 0 Å². The molecule has 0 aliphatic rings. The van der Waals surface area contributed by atoms with Gasteiger partial charge < -0.3 is 31.5 Å². The SMILES string of the molecule is CCCCCCCC/C=C\CCCCCCCCOP(=O)(O)OCCC=C(c1cc(Cl)c(O)c(C(=O)O)c1)c1cc(Cl)c(O)c(C(=O)O)c1.N. The lowest BCUT2D eigenvalue weighted by molar-refractivity contribution is 0.0682. The first-order valence-electron chi connectivity index (χ1n) is 16.9. The van der Waals surface area contributed by atoms with Crippen LogP contribution in [0.15, 0.2) is 42.5 Å². The van der Waals surface area contributed by atoms with Crippen LogP contribution in [-0.2, 0) is 13.6 Å². The number of carbonyl (C=O) groups is 2. The van der Waals surface area contributed by atoms with Gasteiger partial charge in [0.1, 0.15) is 22.6 Å². The van der Waals surface area contributed by atoms with E-state index in [2.05, 4.69) is 19.1 Å². The van der Waals surface area contributed by atoms with E-state index in [-0.39, 0.29) is 52.5 Å². The molecule has 2 aromatic rings. The molecule has 8 N–H and O–H groups in total. The van der Waals surface area contributed by atoms with Crippen molar-refractivity contribution < 1.29 is 48.5 Å². The third-order valence-electron chi connectivity index (χ3n) is 7.84. The van der Waals surface area contributed by atoms with Crippen molar-refractivity contribution in [2.24, 2.45) is 0 Å². The Balaban J connectivity index is 0.0000125. The van der Waals surface area contributed by atoms with Crippen LogP contribution in [-0.4, -0.2) is 50.5 Å². The molecule has 11 nitrogen and oxygen atoms in total. The molecule has 1 atom stereocenters. The van der Waals surface area contributed by atoms with Crippen molar-refractivity contribution >= 4 is 48.5 Å². The molecule has 0 fully saturated rings. The zero-order valence-corrected chi connectivity index (χ0v) is 31.2. The number of benzene rings is 2. The Hall–Kier alpha value is -2.89. The van der Waals surface area contributed by atoms with E-state index in [4.69, 9.17) is 32.2 Å². The zero-order chi connectivity index (χ0) is 36.2. The Morgan fingerprint density at radius 2 is 1.10 bits per heavy atom. The topological polar surface area (TPSA) is 206 Å². The molecule has 1 unspecified atom stereocenters. The number of aromatic carboxylic acids is 2. The number of phosphoric ester groups is 1. The van der Waals surface area contributed by atoms with Crippen LogP contribution in [0.25, 0.3) is 5.57 Å². The number of unbranched alkanes of at least 4 members (excludes halogenated alkanes) is 12. The molecule has 2 aromatic carbocycles. The van der Waals surface area contributed by atoms with E-state index < -0.39 is 42.4 Å². The van der Waals surface area contributed by atoms with Gasteiger partial charge in [-0.15, -0.1) is 0 Å². The molecule has 50 heavy (non-hydrogen) atoms. The van der Waals surface area contributed by atoms with E-state index >= 15 is 0 Å². The van der Waals surface area contributed by atoms with Gasteiger partial charge in [0.2, 0.25) is 0 Å². The van der Waals surface area contributed by atoms with E-state index in [1.165, 1.54) is 56.7 Å². The van der Waals surface area contributed by atoms with E-state index in [1.807, 2.05) is 0 Å². The number of phosphoric acid groups is 1. The van der Waals surface area contributed by atoms with Gasteiger partial charge in [0, 0.05) is 0 Å². The van der Waals surface area contributed by atoms with Gasteiger partial charge >= 0.3 is 19.8 Å². The molecule has 280 valence electrons. The molecule has 14 heteroatoms. The van der Waals surface area contributed by atoms with Crippen molar-refractivity contribution in [2.75, 3.05) is 13.2 Å². The van der Waals surface area contributed by atoms with Gasteiger partial charge in [-0.1, -0.05) is 106 Å². The lowest BCUT2D eigenvalue weighted by Crippen LogP contribution is -2.02. The summed E-state index contributed by atoms with van der Waals surface area (Å²) in [6, 6.07) is 4.80. The minimum absolute atomic E-state index is 0. The smallest absolute Gasteiger partial charge is 0.472 e. The summed E-state index contributed by atoms with van der Waals surface area (Å²) in [4.78, 5) is 33.5. The van der Waals surface area contributed by atoms with Crippen molar-refractivity contribution in [1.82, 2.24) is 6.15 Å². The Labute approximate surface area is 305 Å². The summed E-state index contributed by atoms with van der Waals surface area (Å²) in [5.74, 6) is -4.23. The predicted octanol–water partition coefficient (Wildman–Crippen LogP) is 11.0. The minimum Gasteiger partial charge on any atom is -0.505 e. The van der Waals surface area contributed by atoms with Crippen LogP contribution in [0.2, 0.25) is 10.0 Å². The van der Waals surface area contributed by atoms with Gasteiger partial charge in [-0.25, -0.2) is 14.2 Å². The van der Waals surface area contributed by atoms with Crippen molar-refractivity contribution in [3.05, 3.63) is 74.8 Å². The molecule has 0 aliphatic heterocycles. The fourth-order valence-corrected chi connectivity index (χ4v) is 6.38. The lowest BCUT2D eigenvalue weighted by atomic mass is 9.93. The van der Waals surface area contributed by atoms with Gasteiger partial charge in [0.25, 0.3) is 0 Å². The average molecular weight is 761 g/mol. The van der Waals surface area contributed by atoms with Gasteiger partial charge in [-0.2, -0.15) is 0 Å². The molecular formula is C36H52Cl2NO10P. The highest BCUT2D eigenvalue weighted by atomic mass is 35.5. The summed E-state index contributed by atoms with van der Waals surface area (Å²) in [7, 11) is -4.36. The molecule has 2 rings (SSSR count). The number of carboxylic acid groups (broad SMARTS) is 2. The fourth-order valence-electron chi connectivity index (χ4n) is 5.18. The fraction of sp³-hybridized carbons (Fsp3) is 0.500. The van der Waals surface area contributed by atoms with Crippen molar-refractivity contribution in [3.8, 4) is 11.5 Å². The Kier molecular flexibility index (Phi) is 22.0. The van der Waals surface area contributed by atoms with E-state index in [0.29, 0.717) is 6.42 Å². The molecule has 0 amide bonds. The summed E-state index contributed by atoms with van der Waals surface area (Å²) in [6.07, 6.45) is 22.1.